The number of carboxylic acids is 1. The smallest absolute Gasteiger partial charge is 0.341 e. The molecule has 0 radical (unpaired) electrons. The van der Waals surface area contributed by atoms with Crippen LogP contribution in [0.3, 0.4) is 0 Å². The summed E-state index contributed by atoms with van der Waals surface area (Å²) in [5.74, 6) is -0.683. The maximum Gasteiger partial charge on any atom is 0.341 e. The Kier molecular flexibility index (Phi) is 2.40. The number of ether oxygens (including phenoxy) is 1. The molecule has 6 nitrogen and oxygen atoms in total. The Balaban J connectivity index is 2.43. The number of carbonyl (C=O) groups is 1. The second kappa shape index (κ2) is 3.73. The molecule has 2 rings (SSSR count). The summed E-state index contributed by atoms with van der Waals surface area (Å²) in [4.78, 5) is 10.4. The first-order valence-electron chi connectivity index (χ1n) is 4.58. The van der Waals surface area contributed by atoms with Crippen LogP contribution in [-0.2, 0) is 11.8 Å². The number of aryl methyl sites for hydroxylation is 1. The number of phenolic OH excluding ortho intramolecular Hbond substituents is 1. The number of nitrogens with zero attached hydrogens (tertiary/aromatic N) is 2. The van der Waals surface area contributed by atoms with Gasteiger partial charge in [-0.25, -0.2) is 4.79 Å². The Morgan fingerprint density at radius 1 is 1.56 bits per heavy atom. The van der Waals surface area contributed by atoms with Crippen LogP contribution in [0.15, 0.2) is 18.2 Å². The van der Waals surface area contributed by atoms with Gasteiger partial charge >= 0.3 is 5.97 Å². The highest BCUT2D eigenvalue weighted by molar-refractivity contribution is 5.86. The molecular weight excluding hydrogens is 212 g/mol. The lowest BCUT2D eigenvalue weighted by Crippen LogP contribution is -2.09. The Hall–Kier alpha value is -2.24. The number of rotatable bonds is 3. The number of fused-ring (bicyclic) bond motifs is 1. The van der Waals surface area contributed by atoms with Gasteiger partial charge in [-0.3, -0.25) is 4.68 Å². The van der Waals surface area contributed by atoms with Crippen LogP contribution in [0.5, 0.6) is 11.6 Å². The van der Waals surface area contributed by atoms with Crippen molar-refractivity contribution in [2.45, 2.75) is 0 Å². The van der Waals surface area contributed by atoms with Gasteiger partial charge in [-0.15, -0.1) is 5.10 Å². The number of carboxylic acid groups (broad SMARTS) is 1. The van der Waals surface area contributed by atoms with Gasteiger partial charge in [0.15, 0.2) is 6.61 Å². The SMILES string of the molecule is Cn1nc(OCC(=O)O)c2ccc(O)cc21. The summed E-state index contributed by atoms with van der Waals surface area (Å²) in [6.45, 7) is -0.438. The molecule has 0 unspecified atom stereocenters. The Bertz CT molecular complexity index is 547. The van der Waals surface area contributed by atoms with Crippen LogP contribution in [0.25, 0.3) is 10.9 Å². The summed E-state index contributed by atoms with van der Waals surface area (Å²) in [6, 6.07) is 4.67. The predicted molar refractivity (Wildman–Crippen MR) is 55.5 cm³/mol. The molecule has 0 aliphatic heterocycles. The number of hydrogen-bond donors (Lipinski definition) is 2. The van der Waals surface area contributed by atoms with Gasteiger partial charge in [0.25, 0.3) is 0 Å². The number of benzene rings is 1. The van der Waals surface area contributed by atoms with E-state index in [1.807, 2.05) is 0 Å². The molecule has 1 aromatic heterocycles. The number of aromatic hydroxyl groups is 1. The maximum absolute atomic E-state index is 10.4. The summed E-state index contributed by atoms with van der Waals surface area (Å²) in [7, 11) is 1.69. The monoisotopic (exact) mass is 222 g/mol. The molecule has 0 fully saturated rings. The largest absolute Gasteiger partial charge is 0.508 e. The first-order valence-corrected chi connectivity index (χ1v) is 4.58. The molecule has 0 bridgehead atoms. The Morgan fingerprint density at radius 3 is 3.00 bits per heavy atom. The second-order valence-electron chi connectivity index (χ2n) is 3.31. The molecule has 0 aliphatic rings. The van der Waals surface area contributed by atoms with Crippen molar-refractivity contribution in [1.29, 1.82) is 0 Å². The van der Waals surface area contributed by atoms with E-state index in [2.05, 4.69) is 5.10 Å². The molecule has 2 aromatic rings. The van der Waals surface area contributed by atoms with Crippen LogP contribution >= 0.6 is 0 Å². The van der Waals surface area contributed by atoms with E-state index in [0.717, 1.165) is 0 Å². The molecule has 0 amide bonds. The molecule has 1 aromatic carbocycles. The molecular formula is C10H10N2O4. The van der Waals surface area contributed by atoms with Gasteiger partial charge in [-0.05, 0) is 12.1 Å². The first kappa shape index (κ1) is 10.3. The lowest BCUT2D eigenvalue weighted by Gasteiger charge is -1.98. The zero-order valence-corrected chi connectivity index (χ0v) is 8.54. The second-order valence-corrected chi connectivity index (χ2v) is 3.31. The molecule has 1 heterocycles. The standard InChI is InChI=1S/C10H10N2O4/c1-12-8-4-6(13)2-3-7(8)10(11-12)16-5-9(14)15/h2-4,13H,5H2,1H3,(H,14,15). The third-order valence-electron chi connectivity index (χ3n) is 2.13. The molecule has 0 aliphatic carbocycles. The van der Waals surface area contributed by atoms with Gasteiger partial charge in [0.1, 0.15) is 5.75 Å². The Labute approximate surface area is 90.7 Å². The predicted octanol–water partition coefficient (Wildman–Crippen LogP) is 0.742. The highest BCUT2D eigenvalue weighted by Crippen LogP contribution is 2.27. The maximum atomic E-state index is 10.4. The topological polar surface area (TPSA) is 84.6 Å². The number of hydrogen-bond acceptors (Lipinski definition) is 4. The fourth-order valence-corrected chi connectivity index (χ4v) is 1.45. The lowest BCUT2D eigenvalue weighted by atomic mass is 10.2. The van der Waals surface area contributed by atoms with Crippen LogP contribution in [0.4, 0.5) is 0 Å². The first-order chi connectivity index (χ1) is 7.58. The van der Waals surface area contributed by atoms with E-state index in [1.54, 1.807) is 13.1 Å². The highest BCUT2D eigenvalue weighted by atomic mass is 16.5. The average Bonchev–Trinajstić information content (AvgIpc) is 2.53. The van der Waals surface area contributed by atoms with E-state index in [-0.39, 0.29) is 11.6 Å². The van der Waals surface area contributed by atoms with Crippen LogP contribution in [0, 0.1) is 0 Å². The van der Waals surface area contributed by atoms with Crippen LogP contribution in [0.2, 0.25) is 0 Å². The van der Waals surface area contributed by atoms with Crippen molar-refractivity contribution in [3.63, 3.8) is 0 Å². The van der Waals surface area contributed by atoms with Crippen molar-refractivity contribution in [3.05, 3.63) is 18.2 Å². The molecule has 84 valence electrons. The van der Waals surface area contributed by atoms with Gasteiger partial charge in [0, 0.05) is 13.1 Å². The Morgan fingerprint density at radius 2 is 2.31 bits per heavy atom. The molecule has 2 N–H and O–H groups in total. The van der Waals surface area contributed by atoms with E-state index in [4.69, 9.17) is 9.84 Å². The van der Waals surface area contributed by atoms with Crippen LogP contribution in [-0.4, -0.2) is 32.6 Å². The molecule has 0 saturated heterocycles. The van der Waals surface area contributed by atoms with E-state index in [9.17, 15) is 9.90 Å². The molecule has 0 atom stereocenters. The van der Waals surface area contributed by atoms with Crippen molar-refractivity contribution in [1.82, 2.24) is 9.78 Å². The van der Waals surface area contributed by atoms with Crippen LogP contribution < -0.4 is 4.74 Å². The van der Waals surface area contributed by atoms with Crippen LogP contribution in [0.1, 0.15) is 0 Å². The molecule has 0 saturated carbocycles. The van der Waals surface area contributed by atoms with Gasteiger partial charge in [-0.1, -0.05) is 0 Å². The lowest BCUT2D eigenvalue weighted by molar-refractivity contribution is -0.139. The summed E-state index contributed by atoms with van der Waals surface area (Å²) in [5.41, 5.74) is 0.681. The van der Waals surface area contributed by atoms with E-state index in [1.165, 1.54) is 16.8 Å². The van der Waals surface area contributed by atoms with Crippen molar-refractivity contribution in [2.24, 2.45) is 7.05 Å². The average molecular weight is 222 g/mol. The third-order valence-corrected chi connectivity index (χ3v) is 2.13. The van der Waals surface area contributed by atoms with Gasteiger partial charge in [-0.2, -0.15) is 0 Å². The molecule has 0 spiro atoms. The minimum absolute atomic E-state index is 0.125. The van der Waals surface area contributed by atoms with Crippen molar-refractivity contribution >= 4 is 16.9 Å². The van der Waals surface area contributed by atoms with Gasteiger partial charge in [0.05, 0.1) is 10.9 Å². The zero-order chi connectivity index (χ0) is 11.7. The highest BCUT2D eigenvalue weighted by Gasteiger charge is 2.11. The fraction of sp³-hybridized carbons (Fsp3) is 0.200. The molecule has 6 heteroatoms. The van der Waals surface area contributed by atoms with E-state index in [0.29, 0.717) is 10.9 Å². The summed E-state index contributed by atoms with van der Waals surface area (Å²) in [5, 5.41) is 22.5. The van der Waals surface area contributed by atoms with Crippen molar-refractivity contribution in [3.8, 4) is 11.6 Å². The number of phenols is 1. The van der Waals surface area contributed by atoms with Crippen molar-refractivity contribution < 1.29 is 19.7 Å². The van der Waals surface area contributed by atoms with Gasteiger partial charge in [0.2, 0.25) is 5.88 Å². The molecule has 16 heavy (non-hydrogen) atoms. The summed E-state index contributed by atoms with van der Waals surface area (Å²) in [6.07, 6.45) is 0. The normalized spacial score (nSPS) is 10.6. The van der Waals surface area contributed by atoms with E-state index >= 15 is 0 Å². The third kappa shape index (κ3) is 1.77. The van der Waals surface area contributed by atoms with Gasteiger partial charge < -0.3 is 14.9 Å². The quantitative estimate of drug-likeness (QED) is 0.800. The minimum Gasteiger partial charge on any atom is -0.508 e. The van der Waals surface area contributed by atoms with E-state index < -0.39 is 12.6 Å². The fourth-order valence-electron chi connectivity index (χ4n) is 1.45. The number of aromatic nitrogens is 2. The number of aliphatic carboxylic acids is 1. The van der Waals surface area contributed by atoms with Crippen molar-refractivity contribution in [2.75, 3.05) is 6.61 Å². The summed E-state index contributed by atoms with van der Waals surface area (Å²) >= 11 is 0. The minimum atomic E-state index is -1.06. The summed E-state index contributed by atoms with van der Waals surface area (Å²) < 4.78 is 6.55. The zero-order valence-electron chi connectivity index (χ0n) is 8.54.